The third kappa shape index (κ3) is 4.43. The average Bonchev–Trinajstić information content (AvgIpc) is 2.63. The first-order valence-electron chi connectivity index (χ1n) is 7.27. The first-order valence-corrected chi connectivity index (χ1v) is 8.95. The highest BCUT2D eigenvalue weighted by atomic mass is 79.9. The van der Waals surface area contributed by atoms with E-state index in [1.807, 2.05) is 60.7 Å². The predicted octanol–water partition coefficient (Wildman–Crippen LogP) is 4.71. The molecule has 0 saturated heterocycles. The molecule has 0 bridgehead atoms. The molecule has 4 nitrogen and oxygen atoms in total. The number of anilines is 1. The van der Waals surface area contributed by atoms with Crippen molar-refractivity contribution in [3.63, 3.8) is 0 Å². The van der Waals surface area contributed by atoms with Gasteiger partial charge in [0, 0.05) is 4.90 Å². The van der Waals surface area contributed by atoms with Crippen LogP contribution in [0.15, 0.2) is 82.6 Å². The molecule has 0 spiro atoms. The highest BCUT2D eigenvalue weighted by Gasteiger charge is 2.22. The van der Waals surface area contributed by atoms with E-state index in [1.165, 1.54) is 18.0 Å². The summed E-state index contributed by atoms with van der Waals surface area (Å²) in [5.74, 6) is 0.296. The number of thioether (sulfide) groups is 1. The summed E-state index contributed by atoms with van der Waals surface area (Å²) >= 11 is 4.73. The van der Waals surface area contributed by atoms with Crippen LogP contribution in [0.3, 0.4) is 0 Å². The fraction of sp³-hybridized carbons (Fsp3) is 0.0556. The van der Waals surface area contributed by atoms with Crippen molar-refractivity contribution >= 4 is 39.4 Å². The molecule has 6 heteroatoms. The second-order valence-corrected chi connectivity index (χ2v) is 6.93. The fourth-order valence-corrected chi connectivity index (χ4v) is 3.35. The zero-order chi connectivity index (χ0) is 16.8. The lowest BCUT2D eigenvalue weighted by Gasteiger charge is -2.16. The van der Waals surface area contributed by atoms with Gasteiger partial charge in [-0.3, -0.25) is 4.79 Å². The van der Waals surface area contributed by atoms with Crippen molar-refractivity contribution in [2.24, 2.45) is 0 Å². The normalized spacial score (nSPS) is 11.7. The summed E-state index contributed by atoms with van der Waals surface area (Å²) in [6.45, 7) is 0. The number of hydrogen-bond acceptors (Lipinski definition) is 4. The molecule has 24 heavy (non-hydrogen) atoms. The van der Waals surface area contributed by atoms with E-state index in [-0.39, 0.29) is 11.2 Å². The zero-order valence-electron chi connectivity index (χ0n) is 12.6. The van der Waals surface area contributed by atoms with E-state index in [1.54, 1.807) is 6.20 Å². The van der Waals surface area contributed by atoms with Gasteiger partial charge in [0.25, 0.3) is 0 Å². The van der Waals surface area contributed by atoms with Crippen LogP contribution in [-0.4, -0.2) is 15.9 Å². The number of amides is 1. The zero-order valence-corrected chi connectivity index (χ0v) is 15.0. The van der Waals surface area contributed by atoms with Gasteiger partial charge in [0.05, 0.1) is 12.4 Å². The van der Waals surface area contributed by atoms with Gasteiger partial charge in [-0.1, -0.05) is 48.5 Å². The first-order chi connectivity index (χ1) is 11.7. The molecule has 0 aliphatic carbocycles. The molecule has 1 N–H and O–H groups in total. The standard InChI is InChI=1S/C18H14BrN3OS/c19-15-11-21-16(12-20-15)22-18(23)17(13-7-3-1-4-8-13)24-14-9-5-2-6-10-14/h1-12,17H,(H,21,22,23)/t17-/m0/s1. The van der Waals surface area contributed by atoms with Crippen LogP contribution >= 0.6 is 27.7 Å². The van der Waals surface area contributed by atoms with Crippen molar-refractivity contribution in [1.82, 2.24) is 9.97 Å². The molecule has 0 unspecified atom stereocenters. The van der Waals surface area contributed by atoms with Crippen LogP contribution in [0.5, 0.6) is 0 Å². The van der Waals surface area contributed by atoms with Gasteiger partial charge in [-0.25, -0.2) is 9.97 Å². The van der Waals surface area contributed by atoms with E-state index < -0.39 is 0 Å². The highest BCUT2D eigenvalue weighted by Crippen LogP contribution is 2.35. The van der Waals surface area contributed by atoms with E-state index in [9.17, 15) is 4.79 Å². The van der Waals surface area contributed by atoms with Crippen molar-refractivity contribution in [2.45, 2.75) is 10.1 Å². The minimum atomic E-state index is -0.376. The Kier molecular flexibility index (Phi) is 5.61. The van der Waals surface area contributed by atoms with Gasteiger partial charge in [0.1, 0.15) is 9.85 Å². The van der Waals surface area contributed by atoms with Gasteiger partial charge < -0.3 is 5.32 Å². The monoisotopic (exact) mass is 399 g/mol. The number of benzene rings is 2. The van der Waals surface area contributed by atoms with E-state index in [0.29, 0.717) is 10.4 Å². The van der Waals surface area contributed by atoms with Crippen LogP contribution in [0, 0.1) is 0 Å². The number of halogens is 1. The van der Waals surface area contributed by atoms with Crippen molar-refractivity contribution in [1.29, 1.82) is 0 Å². The molecule has 1 aromatic heterocycles. The Bertz CT molecular complexity index is 798. The molecule has 0 fully saturated rings. The van der Waals surface area contributed by atoms with Crippen molar-refractivity contribution in [3.05, 3.63) is 83.2 Å². The van der Waals surface area contributed by atoms with Crippen molar-refractivity contribution in [3.8, 4) is 0 Å². The van der Waals surface area contributed by atoms with Crippen LogP contribution in [0.4, 0.5) is 5.82 Å². The molecule has 120 valence electrons. The number of nitrogens with one attached hydrogen (secondary N) is 1. The van der Waals surface area contributed by atoms with Gasteiger partial charge in [-0.2, -0.15) is 0 Å². The Morgan fingerprint density at radius 1 is 0.958 bits per heavy atom. The molecule has 2 aromatic carbocycles. The topological polar surface area (TPSA) is 54.9 Å². The van der Waals surface area contributed by atoms with Gasteiger partial charge in [0.2, 0.25) is 5.91 Å². The number of carbonyl (C=O) groups is 1. The van der Waals surface area contributed by atoms with E-state index >= 15 is 0 Å². The summed E-state index contributed by atoms with van der Waals surface area (Å²) in [7, 11) is 0. The third-order valence-electron chi connectivity index (χ3n) is 3.21. The highest BCUT2D eigenvalue weighted by molar-refractivity contribution is 9.10. The molecule has 1 heterocycles. The lowest BCUT2D eigenvalue weighted by Crippen LogP contribution is -2.19. The Balaban J connectivity index is 1.83. The summed E-state index contributed by atoms with van der Waals surface area (Å²) in [5, 5.41) is 2.46. The van der Waals surface area contributed by atoms with Crippen LogP contribution in [0.25, 0.3) is 0 Å². The Hall–Kier alpha value is -2.18. The Labute approximate surface area is 152 Å². The summed E-state index contributed by atoms with van der Waals surface area (Å²) in [5.41, 5.74) is 0.939. The summed E-state index contributed by atoms with van der Waals surface area (Å²) in [6.07, 6.45) is 3.08. The number of carbonyl (C=O) groups excluding carboxylic acids is 1. The molecule has 3 rings (SSSR count). The summed E-state index contributed by atoms with van der Waals surface area (Å²) in [6, 6.07) is 19.6. The number of aromatic nitrogens is 2. The molecule has 1 amide bonds. The molecule has 0 saturated carbocycles. The van der Waals surface area contributed by atoms with E-state index in [2.05, 4.69) is 31.2 Å². The summed E-state index contributed by atoms with van der Waals surface area (Å²) < 4.78 is 0.624. The number of rotatable bonds is 5. The second-order valence-electron chi connectivity index (χ2n) is 4.94. The SMILES string of the molecule is O=C(Nc1cnc(Br)cn1)[C@@H](Sc1ccccc1)c1ccccc1. The largest absolute Gasteiger partial charge is 0.308 e. The maximum absolute atomic E-state index is 12.8. The molecule has 3 aromatic rings. The number of nitrogens with zero attached hydrogens (tertiary/aromatic N) is 2. The molecular formula is C18H14BrN3OS. The van der Waals surface area contributed by atoms with Crippen LogP contribution < -0.4 is 5.32 Å². The smallest absolute Gasteiger partial charge is 0.243 e. The van der Waals surface area contributed by atoms with Crippen molar-refractivity contribution < 1.29 is 4.79 Å². The average molecular weight is 400 g/mol. The second kappa shape index (κ2) is 8.08. The van der Waals surface area contributed by atoms with Gasteiger partial charge >= 0.3 is 0 Å². The minimum Gasteiger partial charge on any atom is -0.308 e. The first kappa shape index (κ1) is 16.7. The lowest BCUT2D eigenvalue weighted by molar-refractivity contribution is -0.115. The fourth-order valence-electron chi connectivity index (χ4n) is 2.10. The maximum atomic E-state index is 12.8. The molecule has 1 atom stereocenters. The van der Waals surface area contributed by atoms with E-state index in [4.69, 9.17) is 0 Å². The van der Waals surface area contributed by atoms with Gasteiger partial charge in [0.15, 0.2) is 5.82 Å². The molecule has 0 aliphatic rings. The minimum absolute atomic E-state index is 0.133. The van der Waals surface area contributed by atoms with Crippen LogP contribution in [0.1, 0.15) is 10.8 Å². The maximum Gasteiger partial charge on any atom is 0.243 e. The number of hydrogen-bond donors (Lipinski definition) is 1. The molecule has 0 radical (unpaired) electrons. The summed E-state index contributed by atoms with van der Waals surface area (Å²) in [4.78, 5) is 22.1. The lowest BCUT2D eigenvalue weighted by atomic mass is 10.1. The van der Waals surface area contributed by atoms with Crippen molar-refractivity contribution in [2.75, 3.05) is 5.32 Å². The predicted molar refractivity (Wildman–Crippen MR) is 99.8 cm³/mol. The Morgan fingerprint density at radius 3 is 2.25 bits per heavy atom. The Morgan fingerprint density at radius 2 is 1.62 bits per heavy atom. The van der Waals surface area contributed by atoms with Gasteiger partial charge in [-0.05, 0) is 33.6 Å². The molecular weight excluding hydrogens is 386 g/mol. The third-order valence-corrected chi connectivity index (χ3v) is 4.88. The molecule has 0 aliphatic heterocycles. The van der Waals surface area contributed by atoms with Crippen LogP contribution in [-0.2, 0) is 4.79 Å². The quantitative estimate of drug-likeness (QED) is 0.631. The van der Waals surface area contributed by atoms with Gasteiger partial charge in [-0.15, -0.1) is 11.8 Å². The van der Waals surface area contributed by atoms with Crippen LogP contribution in [0.2, 0.25) is 0 Å². The van der Waals surface area contributed by atoms with E-state index in [0.717, 1.165) is 10.5 Å².